The van der Waals surface area contributed by atoms with E-state index < -0.39 is 5.91 Å². The number of hydrogen-bond donors (Lipinski definition) is 1. The Morgan fingerprint density at radius 1 is 1.10 bits per heavy atom. The van der Waals surface area contributed by atoms with Crippen molar-refractivity contribution in [3.63, 3.8) is 0 Å². The number of fused-ring (bicyclic) bond motifs is 1. The van der Waals surface area contributed by atoms with E-state index >= 15 is 0 Å². The van der Waals surface area contributed by atoms with Crippen molar-refractivity contribution in [2.24, 2.45) is 10.1 Å². The zero-order valence-corrected chi connectivity index (χ0v) is 18.4. The molecule has 4 heterocycles. The van der Waals surface area contributed by atoms with Gasteiger partial charge in [-0.15, -0.1) is 5.10 Å². The van der Waals surface area contributed by atoms with E-state index in [4.69, 9.17) is 17.0 Å². The molecule has 1 N–H and O–H groups in total. The summed E-state index contributed by atoms with van der Waals surface area (Å²) in [5, 5.41) is 16.7. The van der Waals surface area contributed by atoms with E-state index in [-0.39, 0.29) is 11.4 Å². The molecule has 3 aliphatic heterocycles. The lowest BCUT2D eigenvalue weighted by molar-refractivity contribution is -0.114. The Bertz CT molecular complexity index is 1140. The number of carbonyl (C=O) groups excluding carboxylic acids is 1. The predicted octanol–water partition coefficient (Wildman–Crippen LogP) is 4.25. The number of nitrogens with zero attached hydrogens (tertiary/aromatic N) is 5. The van der Waals surface area contributed by atoms with Gasteiger partial charge in [-0.25, -0.2) is 0 Å². The lowest BCUT2D eigenvalue weighted by Crippen LogP contribution is -2.35. The van der Waals surface area contributed by atoms with Crippen molar-refractivity contribution in [1.82, 2.24) is 14.5 Å². The van der Waals surface area contributed by atoms with Gasteiger partial charge in [-0.05, 0) is 60.9 Å². The first kappa shape index (κ1) is 20.1. The van der Waals surface area contributed by atoms with Crippen LogP contribution in [0.2, 0.25) is 5.02 Å². The van der Waals surface area contributed by atoms with Crippen molar-refractivity contribution in [1.29, 1.82) is 5.41 Å². The van der Waals surface area contributed by atoms with Crippen LogP contribution in [0.4, 0.5) is 0 Å². The van der Waals surface area contributed by atoms with Crippen LogP contribution in [0, 0.1) is 5.41 Å². The Morgan fingerprint density at radius 2 is 1.90 bits per heavy atom. The molecule has 2 aromatic rings. The summed E-state index contributed by atoms with van der Waals surface area (Å²) in [5.74, 6) is -0.357. The lowest BCUT2D eigenvalue weighted by Gasteiger charge is -2.26. The van der Waals surface area contributed by atoms with E-state index in [1.807, 2.05) is 47.2 Å². The molecule has 158 valence electrons. The first-order valence-electron chi connectivity index (χ1n) is 10.2. The molecule has 0 aliphatic carbocycles. The minimum absolute atomic E-state index is 0.0556. The van der Waals surface area contributed by atoms with Gasteiger partial charge in [0, 0.05) is 36.5 Å². The number of thioether (sulfide) groups is 1. The Balaban J connectivity index is 1.41. The average Bonchev–Trinajstić information content (AvgIpc) is 3.40. The number of halogens is 1. The molecule has 0 saturated carbocycles. The van der Waals surface area contributed by atoms with Crippen LogP contribution in [0.1, 0.15) is 30.5 Å². The molecule has 5 rings (SSSR count). The first-order chi connectivity index (χ1) is 15.1. The van der Waals surface area contributed by atoms with E-state index in [0.29, 0.717) is 16.7 Å². The molecule has 1 fully saturated rings. The third kappa shape index (κ3) is 3.93. The number of nitrogens with one attached hydrogen (secondary N) is 1. The number of amides is 1. The molecule has 0 radical (unpaired) electrons. The Morgan fingerprint density at radius 3 is 2.71 bits per heavy atom. The fourth-order valence-corrected chi connectivity index (χ4v) is 5.00. The second-order valence-electron chi connectivity index (χ2n) is 7.60. The molecule has 1 amide bonds. The van der Waals surface area contributed by atoms with Crippen LogP contribution in [-0.4, -0.2) is 49.6 Å². The van der Waals surface area contributed by atoms with Crippen LogP contribution < -0.4 is 0 Å². The molecule has 0 atom stereocenters. The maximum atomic E-state index is 12.7. The van der Waals surface area contributed by atoms with Crippen molar-refractivity contribution in [2.45, 2.75) is 25.8 Å². The number of carbonyl (C=O) groups is 1. The van der Waals surface area contributed by atoms with E-state index in [9.17, 15) is 4.79 Å². The van der Waals surface area contributed by atoms with Crippen molar-refractivity contribution in [3.05, 3.63) is 64.4 Å². The van der Waals surface area contributed by atoms with Crippen LogP contribution in [0.15, 0.2) is 58.3 Å². The number of rotatable bonds is 3. The third-order valence-corrected chi connectivity index (χ3v) is 6.86. The van der Waals surface area contributed by atoms with Crippen LogP contribution in [-0.2, 0) is 11.3 Å². The summed E-state index contributed by atoms with van der Waals surface area (Å²) < 4.78 is 2.00. The molecule has 1 aromatic heterocycles. The summed E-state index contributed by atoms with van der Waals surface area (Å²) in [6.45, 7) is 2.47. The van der Waals surface area contributed by atoms with Gasteiger partial charge in [0.2, 0.25) is 5.17 Å². The number of hydrogen-bond acceptors (Lipinski definition) is 5. The van der Waals surface area contributed by atoms with E-state index in [0.717, 1.165) is 42.4 Å². The lowest BCUT2D eigenvalue weighted by atomic mass is 10.1. The summed E-state index contributed by atoms with van der Waals surface area (Å²) in [6.07, 6.45) is 7.14. The molecule has 3 aliphatic rings. The number of likely N-dealkylation sites (tertiary alicyclic amines) is 1. The highest BCUT2D eigenvalue weighted by atomic mass is 35.5. The standard InChI is InChI=1S/C22H21ClN6OS/c23-18-9-3-2-7-15(18)14-28-12-6-8-16(28)13-17-19(24)29-21(25-20(17)30)31-22(26-29)27-10-4-1-5-11-27/h2-3,6-9,12-13,24H,1,4-5,10-11,14H2/b17-13-,24-19?. The van der Waals surface area contributed by atoms with Gasteiger partial charge in [-0.2, -0.15) is 10.0 Å². The number of aromatic nitrogens is 1. The van der Waals surface area contributed by atoms with Gasteiger partial charge in [0.15, 0.2) is 11.0 Å². The average molecular weight is 453 g/mol. The predicted molar refractivity (Wildman–Crippen MR) is 125 cm³/mol. The summed E-state index contributed by atoms with van der Waals surface area (Å²) in [6, 6.07) is 11.5. The van der Waals surface area contributed by atoms with Crippen molar-refractivity contribution in [2.75, 3.05) is 13.1 Å². The molecule has 0 spiro atoms. The first-order valence-corrected chi connectivity index (χ1v) is 11.4. The Labute approximate surface area is 189 Å². The summed E-state index contributed by atoms with van der Waals surface area (Å²) in [4.78, 5) is 19.2. The van der Waals surface area contributed by atoms with Crippen LogP contribution in [0.25, 0.3) is 6.08 Å². The molecule has 31 heavy (non-hydrogen) atoms. The quantitative estimate of drug-likeness (QED) is 0.706. The van der Waals surface area contributed by atoms with Crippen LogP contribution in [0.5, 0.6) is 0 Å². The number of amidine groups is 3. The van der Waals surface area contributed by atoms with Gasteiger partial charge < -0.3 is 9.47 Å². The normalized spacial score (nSPS) is 20.2. The Hall–Kier alpha value is -2.84. The monoisotopic (exact) mass is 452 g/mol. The molecule has 0 unspecified atom stereocenters. The zero-order chi connectivity index (χ0) is 21.4. The van der Waals surface area contributed by atoms with Crippen molar-refractivity contribution >= 4 is 51.5 Å². The SMILES string of the molecule is N=C1/C(=C/c2cccn2Cc2ccccc2Cl)C(=O)N=C2SC(N3CCCCC3)=NN12. The van der Waals surface area contributed by atoms with Crippen LogP contribution >= 0.6 is 23.4 Å². The van der Waals surface area contributed by atoms with Crippen molar-refractivity contribution in [3.8, 4) is 0 Å². The number of aliphatic imine (C=N–C) groups is 1. The fourth-order valence-electron chi connectivity index (χ4n) is 3.86. The van der Waals surface area contributed by atoms with Crippen molar-refractivity contribution < 1.29 is 4.79 Å². The summed E-state index contributed by atoms with van der Waals surface area (Å²) in [7, 11) is 0. The van der Waals surface area contributed by atoms with E-state index in [1.54, 1.807) is 6.08 Å². The number of piperidine rings is 1. The third-order valence-electron chi connectivity index (χ3n) is 5.53. The summed E-state index contributed by atoms with van der Waals surface area (Å²) in [5.41, 5.74) is 2.02. The molecular formula is C22H21ClN6OS. The molecule has 0 bridgehead atoms. The van der Waals surface area contributed by atoms with Gasteiger partial charge in [-0.3, -0.25) is 10.2 Å². The summed E-state index contributed by atoms with van der Waals surface area (Å²) >= 11 is 7.68. The minimum atomic E-state index is -0.413. The van der Waals surface area contributed by atoms with Gasteiger partial charge in [0.1, 0.15) is 0 Å². The van der Waals surface area contributed by atoms with Crippen LogP contribution in [0.3, 0.4) is 0 Å². The maximum absolute atomic E-state index is 12.7. The van der Waals surface area contributed by atoms with E-state index in [2.05, 4.69) is 15.0 Å². The van der Waals surface area contributed by atoms with Gasteiger partial charge >= 0.3 is 0 Å². The number of hydrazone groups is 1. The second kappa shape index (κ2) is 8.36. The fraction of sp³-hybridized carbons (Fsp3) is 0.273. The molecular weight excluding hydrogens is 432 g/mol. The van der Waals surface area contributed by atoms with Gasteiger partial charge in [0.05, 0.1) is 5.57 Å². The smallest absolute Gasteiger partial charge is 0.283 e. The largest absolute Gasteiger partial charge is 0.349 e. The van der Waals surface area contributed by atoms with Gasteiger partial charge in [0.25, 0.3) is 5.91 Å². The topological polar surface area (TPSA) is 77.0 Å². The van der Waals surface area contributed by atoms with E-state index in [1.165, 1.54) is 23.2 Å². The Kier molecular flexibility index (Phi) is 5.41. The zero-order valence-electron chi connectivity index (χ0n) is 16.8. The highest BCUT2D eigenvalue weighted by molar-refractivity contribution is 8.26. The second-order valence-corrected chi connectivity index (χ2v) is 8.94. The highest BCUT2D eigenvalue weighted by Crippen LogP contribution is 2.30. The minimum Gasteiger partial charge on any atom is -0.349 e. The molecule has 9 heteroatoms. The molecule has 1 saturated heterocycles. The molecule has 7 nitrogen and oxygen atoms in total. The number of benzene rings is 1. The van der Waals surface area contributed by atoms with Gasteiger partial charge in [-0.1, -0.05) is 29.8 Å². The highest BCUT2D eigenvalue weighted by Gasteiger charge is 2.37. The molecule has 1 aromatic carbocycles. The maximum Gasteiger partial charge on any atom is 0.283 e.